The maximum Gasteiger partial charge on any atom is 0.438 e. The molecule has 0 fully saturated rings. The predicted molar refractivity (Wildman–Crippen MR) is 40.1 cm³/mol. The third kappa shape index (κ3) is 8.68. The van der Waals surface area contributed by atoms with E-state index >= 15 is 0 Å². The SMILES string of the molecule is C#[N+]C(Cl)=C(Cl)Cl.Cl.[Cl-]. The molecular weight excluding hydrogens is 227 g/mol. The van der Waals surface area contributed by atoms with E-state index in [4.69, 9.17) is 34.8 Å². The number of nitrogens with zero attached hydrogens (tertiary/aromatic N) is 1. The molecule has 0 aliphatic rings. The molecule has 0 heterocycles. The third-order valence-corrected chi connectivity index (χ3v) is 1.11. The van der Waals surface area contributed by atoms with E-state index in [-0.39, 0.29) is 34.5 Å². The summed E-state index contributed by atoms with van der Waals surface area (Å²) in [5.74, 6) is 0. The molecular formula is C3H2Cl5N. The number of halogens is 5. The van der Waals surface area contributed by atoms with Crippen molar-refractivity contribution in [2.24, 2.45) is 0 Å². The minimum Gasteiger partial charge on any atom is -1.00 e. The highest BCUT2D eigenvalue weighted by Gasteiger charge is 2.04. The molecule has 0 spiro atoms. The van der Waals surface area contributed by atoms with E-state index in [0.29, 0.717) is 0 Å². The Morgan fingerprint density at radius 3 is 1.56 bits per heavy atom. The Kier molecular flexibility index (Phi) is 15.8. The smallest absolute Gasteiger partial charge is 0.438 e. The van der Waals surface area contributed by atoms with Gasteiger partial charge in [0.25, 0.3) is 6.57 Å². The fraction of sp³-hybridized carbons (Fsp3) is 0. The van der Waals surface area contributed by atoms with E-state index in [1.54, 1.807) is 0 Å². The van der Waals surface area contributed by atoms with Gasteiger partial charge in [-0.25, -0.2) is 0 Å². The van der Waals surface area contributed by atoms with Crippen molar-refractivity contribution < 1.29 is 12.4 Å². The van der Waals surface area contributed by atoms with Crippen molar-refractivity contribution in [2.45, 2.75) is 0 Å². The van der Waals surface area contributed by atoms with Gasteiger partial charge in [0.2, 0.25) is 4.49 Å². The average Bonchev–Trinajstić information content (AvgIpc) is 1.65. The molecule has 6 heteroatoms. The Hall–Kier alpha value is 0.680. The molecule has 0 radical (unpaired) electrons. The summed E-state index contributed by atoms with van der Waals surface area (Å²) < 4.78 is -0.121. The van der Waals surface area contributed by atoms with E-state index in [2.05, 4.69) is 11.4 Å². The molecule has 0 amide bonds. The highest BCUT2D eigenvalue weighted by atomic mass is 35.5. The molecule has 0 aliphatic carbocycles. The van der Waals surface area contributed by atoms with Crippen LogP contribution in [0.5, 0.6) is 0 Å². The summed E-state index contributed by atoms with van der Waals surface area (Å²) in [4.78, 5) is 2.97. The number of hydrogen-bond acceptors (Lipinski definition) is 0. The second-order valence-electron chi connectivity index (χ2n) is 0.680. The van der Waals surface area contributed by atoms with Crippen LogP contribution in [0.15, 0.2) is 9.65 Å². The summed E-state index contributed by atoms with van der Waals surface area (Å²) in [6, 6.07) is 0. The Labute approximate surface area is 80.6 Å². The molecule has 9 heavy (non-hydrogen) atoms. The Bertz CT molecular complexity index is 130. The summed E-state index contributed by atoms with van der Waals surface area (Å²) in [5.41, 5.74) is 0. The first-order valence-corrected chi connectivity index (χ1v) is 2.43. The minimum absolute atomic E-state index is 0. The predicted octanol–water partition coefficient (Wildman–Crippen LogP) is 0.218. The standard InChI is InChI=1S/C3HCl3N.2ClH/c1-7-3(6)2(4)5;;/h1H;2*1H/q+1;;/p-1. The molecule has 0 saturated carbocycles. The summed E-state index contributed by atoms with van der Waals surface area (Å²) in [6.45, 7) is 4.64. The van der Waals surface area contributed by atoms with Crippen LogP contribution in [0.25, 0.3) is 4.85 Å². The lowest BCUT2D eigenvalue weighted by atomic mass is 11.0. The monoisotopic (exact) mass is 227 g/mol. The maximum absolute atomic E-state index is 5.12. The van der Waals surface area contributed by atoms with Crippen molar-refractivity contribution in [1.29, 1.82) is 0 Å². The molecule has 0 aromatic rings. The van der Waals surface area contributed by atoms with Crippen LogP contribution in [-0.2, 0) is 0 Å². The quantitative estimate of drug-likeness (QED) is 0.523. The molecule has 0 aliphatic heterocycles. The van der Waals surface area contributed by atoms with Gasteiger partial charge in [0.05, 0.1) is 0 Å². The summed E-state index contributed by atoms with van der Waals surface area (Å²) >= 11 is 15.3. The van der Waals surface area contributed by atoms with Gasteiger partial charge in [0.1, 0.15) is 0 Å². The van der Waals surface area contributed by atoms with Crippen LogP contribution in [0.2, 0.25) is 0 Å². The fourth-order valence-electron chi connectivity index (χ4n) is 0.0488. The van der Waals surface area contributed by atoms with Crippen LogP contribution in [0.1, 0.15) is 0 Å². The number of rotatable bonds is 0. The molecule has 0 bridgehead atoms. The second-order valence-corrected chi connectivity index (χ2v) is 1.99. The molecule has 0 unspecified atom stereocenters. The summed E-state index contributed by atoms with van der Waals surface area (Å²) in [6.07, 6.45) is 0. The third-order valence-electron chi connectivity index (χ3n) is 0.269. The van der Waals surface area contributed by atoms with Crippen LogP contribution >= 0.6 is 47.2 Å². The van der Waals surface area contributed by atoms with Gasteiger partial charge in [0, 0.05) is 11.6 Å². The van der Waals surface area contributed by atoms with Crippen molar-refractivity contribution in [3.8, 4) is 6.57 Å². The van der Waals surface area contributed by atoms with Gasteiger partial charge in [-0.2, -0.15) is 0 Å². The van der Waals surface area contributed by atoms with Crippen molar-refractivity contribution >= 4 is 47.2 Å². The van der Waals surface area contributed by atoms with Gasteiger partial charge in [-0.05, 0) is 4.85 Å². The van der Waals surface area contributed by atoms with Crippen LogP contribution in [-0.4, -0.2) is 0 Å². The minimum atomic E-state index is -0.121. The summed E-state index contributed by atoms with van der Waals surface area (Å²) in [5, 5.41) is -0.0802. The molecule has 1 nitrogen and oxygen atoms in total. The molecule has 0 rings (SSSR count). The highest BCUT2D eigenvalue weighted by Crippen LogP contribution is 2.17. The second kappa shape index (κ2) is 8.68. The van der Waals surface area contributed by atoms with Gasteiger partial charge >= 0.3 is 5.16 Å². The van der Waals surface area contributed by atoms with Crippen LogP contribution < -0.4 is 12.4 Å². The van der Waals surface area contributed by atoms with E-state index < -0.39 is 0 Å². The lowest BCUT2D eigenvalue weighted by molar-refractivity contribution is -0.00000136. The zero-order valence-corrected chi connectivity index (χ0v) is 7.78. The lowest BCUT2D eigenvalue weighted by Gasteiger charge is -1.66. The highest BCUT2D eigenvalue weighted by molar-refractivity contribution is 6.59. The molecule has 0 atom stereocenters. The maximum atomic E-state index is 5.12. The molecule has 0 aromatic carbocycles. The lowest BCUT2D eigenvalue weighted by Crippen LogP contribution is -3.00. The summed E-state index contributed by atoms with van der Waals surface area (Å²) in [7, 11) is 0. The van der Waals surface area contributed by atoms with Gasteiger partial charge in [0.15, 0.2) is 0 Å². The molecule has 0 saturated heterocycles. The van der Waals surface area contributed by atoms with Gasteiger partial charge in [-0.3, -0.25) is 0 Å². The Morgan fingerprint density at radius 1 is 1.22 bits per heavy atom. The van der Waals surface area contributed by atoms with Crippen molar-refractivity contribution in [3.63, 3.8) is 0 Å². The Morgan fingerprint density at radius 2 is 1.56 bits per heavy atom. The average molecular weight is 229 g/mol. The van der Waals surface area contributed by atoms with Gasteiger partial charge < -0.3 is 12.4 Å². The van der Waals surface area contributed by atoms with Crippen LogP contribution in [0.3, 0.4) is 0 Å². The van der Waals surface area contributed by atoms with E-state index in [9.17, 15) is 0 Å². The normalized spacial score (nSPS) is 5.56. The first-order chi connectivity index (χ1) is 3.18. The van der Waals surface area contributed by atoms with Crippen LogP contribution in [0, 0.1) is 6.57 Å². The largest absolute Gasteiger partial charge is 1.00 e. The van der Waals surface area contributed by atoms with Crippen LogP contribution in [0.4, 0.5) is 0 Å². The Balaban J connectivity index is -0.000000180. The van der Waals surface area contributed by atoms with Crippen molar-refractivity contribution in [2.75, 3.05) is 0 Å². The topological polar surface area (TPSA) is 4.36 Å². The van der Waals surface area contributed by atoms with E-state index in [1.165, 1.54) is 0 Å². The zero-order chi connectivity index (χ0) is 5.86. The first kappa shape index (κ1) is 16.3. The van der Waals surface area contributed by atoms with E-state index in [0.717, 1.165) is 0 Å². The van der Waals surface area contributed by atoms with Crippen molar-refractivity contribution in [3.05, 3.63) is 14.5 Å². The number of hydrogen-bond donors (Lipinski definition) is 0. The van der Waals surface area contributed by atoms with Crippen molar-refractivity contribution in [1.82, 2.24) is 0 Å². The first-order valence-electron chi connectivity index (χ1n) is 1.30. The van der Waals surface area contributed by atoms with E-state index in [1.807, 2.05) is 0 Å². The molecule has 0 aromatic heterocycles. The molecule has 54 valence electrons. The fourth-order valence-corrected chi connectivity index (χ4v) is 0.146. The zero-order valence-electron chi connectivity index (χ0n) is 3.94. The van der Waals surface area contributed by atoms with Gasteiger partial charge in [-0.1, -0.05) is 23.2 Å². The molecule has 0 N–H and O–H groups in total. The van der Waals surface area contributed by atoms with Gasteiger partial charge in [-0.15, -0.1) is 12.4 Å².